The summed E-state index contributed by atoms with van der Waals surface area (Å²) in [7, 11) is 0. The van der Waals surface area contributed by atoms with Crippen molar-refractivity contribution in [3.63, 3.8) is 0 Å². The molecule has 0 amide bonds. The molecule has 0 spiro atoms. The second-order valence-electron chi connectivity index (χ2n) is 3.61. The van der Waals surface area contributed by atoms with Crippen LogP contribution in [0.3, 0.4) is 0 Å². The van der Waals surface area contributed by atoms with Crippen LogP contribution < -0.4 is 5.73 Å². The summed E-state index contributed by atoms with van der Waals surface area (Å²) in [6, 6.07) is 1.90. The van der Waals surface area contributed by atoms with Crippen LogP contribution in [0.4, 0.5) is 0 Å². The van der Waals surface area contributed by atoms with E-state index in [1.54, 1.807) is 11.3 Å². The zero-order valence-electron chi connectivity index (χ0n) is 7.16. The van der Waals surface area contributed by atoms with Crippen LogP contribution in [-0.2, 0) is 0 Å². The van der Waals surface area contributed by atoms with Gasteiger partial charge >= 0.3 is 0 Å². The summed E-state index contributed by atoms with van der Waals surface area (Å²) in [5.41, 5.74) is 5.55. The molecule has 1 saturated carbocycles. The number of thiophene rings is 1. The average Bonchev–Trinajstić information content (AvgIpc) is 2.74. The fraction of sp³-hybridized carbons (Fsp3) is 0.556. The van der Waals surface area contributed by atoms with Crippen molar-refractivity contribution in [3.05, 3.63) is 21.3 Å². The number of hydrogen-bond acceptors (Lipinski definition) is 3. The Balaban J connectivity index is 2.19. The van der Waals surface area contributed by atoms with E-state index in [4.69, 9.17) is 17.3 Å². The second kappa shape index (κ2) is 3.24. The van der Waals surface area contributed by atoms with Gasteiger partial charge in [-0.25, -0.2) is 0 Å². The number of nitrogens with two attached hydrogens (primary N) is 1. The third-order valence-electron chi connectivity index (χ3n) is 2.87. The van der Waals surface area contributed by atoms with Gasteiger partial charge in [-0.15, -0.1) is 11.3 Å². The van der Waals surface area contributed by atoms with E-state index >= 15 is 0 Å². The predicted molar refractivity (Wildman–Crippen MR) is 55.3 cm³/mol. The highest BCUT2D eigenvalue weighted by molar-refractivity contribution is 7.10. The standard InChI is InChI=1S/C9H12ClNOS/c10-7-1-2-13-8(7)6-3-9(6,4-11)5-12/h1-2,6,12H,3-5,11H2. The van der Waals surface area contributed by atoms with E-state index in [0.717, 1.165) is 11.4 Å². The smallest absolute Gasteiger partial charge is 0.0548 e. The van der Waals surface area contributed by atoms with Crippen LogP contribution in [0.25, 0.3) is 0 Å². The van der Waals surface area contributed by atoms with E-state index in [0.29, 0.717) is 12.5 Å². The van der Waals surface area contributed by atoms with Gasteiger partial charge in [0.25, 0.3) is 0 Å². The van der Waals surface area contributed by atoms with Crippen LogP contribution in [0.1, 0.15) is 17.2 Å². The molecule has 2 atom stereocenters. The van der Waals surface area contributed by atoms with Crippen molar-refractivity contribution in [1.29, 1.82) is 0 Å². The first kappa shape index (κ1) is 9.46. The number of aliphatic hydroxyl groups is 1. The minimum atomic E-state index is -0.0749. The Labute approximate surface area is 86.3 Å². The van der Waals surface area contributed by atoms with Crippen molar-refractivity contribution >= 4 is 22.9 Å². The van der Waals surface area contributed by atoms with Gasteiger partial charge in [-0.2, -0.15) is 0 Å². The number of aliphatic hydroxyl groups excluding tert-OH is 1. The lowest BCUT2D eigenvalue weighted by Crippen LogP contribution is -2.21. The van der Waals surface area contributed by atoms with Crippen molar-refractivity contribution in [2.45, 2.75) is 12.3 Å². The largest absolute Gasteiger partial charge is 0.396 e. The highest BCUT2D eigenvalue weighted by Gasteiger charge is 2.54. The average molecular weight is 218 g/mol. The maximum atomic E-state index is 9.20. The molecule has 0 saturated heterocycles. The molecule has 2 rings (SSSR count). The van der Waals surface area contributed by atoms with Crippen LogP contribution in [-0.4, -0.2) is 18.3 Å². The van der Waals surface area contributed by atoms with Crippen molar-refractivity contribution < 1.29 is 5.11 Å². The maximum Gasteiger partial charge on any atom is 0.0548 e. The van der Waals surface area contributed by atoms with Crippen LogP contribution in [0.15, 0.2) is 11.4 Å². The molecule has 1 fully saturated rings. The van der Waals surface area contributed by atoms with Crippen molar-refractivity contribution in [1.82, 2.24) is 0 Å². The summed E-state index contributed by atoms with van der Waals surface area (Å²) in [6.07, 6.45) is 0.972. The summed E-state index contributed by atoms with van der Waals surface area (Å²) in [5.74, 6) is 0.384. The molecule has 13 heavy (non-hydrogen) atoms. The van der Waals surface area contributed by atoms with E-state index in [9.17, 15) is 5.11 Å². The molecule has 1 heterocycles. The predicted octanol–water partition coefficient (Wildman–Crippen LogP) is 1.83. The lowest BCUT2D eigenvalue weighted by Gasteiger charge is -2.09. The molecule has 0 aromatic carbocycles. The zero-order valence-corrected chi connectivity index (χ0v) is 8.74. The Morgan fingerprint density at radius 3 is 2.92 bits per heavy atom. The van der Waals surface area contributed by atoms with Gasteiger partial charge in [0.05, 0.1) is 11.6 Å². The fourth-order valence-corrected chi connectivity index (χ4v) is 3.17. The number of hydrogen-bond donors (Lipinski definition) is 2. The molecule has 2 nitrogen and oxygen atoms in total. The van der Waals surface area contributed by atoms with Gasteiger partial charge in [-0.1, -0.05) is 11.6 Å². The van der Waals surface area contributed by atoms with Gasteiger partial charge in [0.15, 0.2) is 0 Å². The highest BCUT2D eigenvalue weighted by Crippen LogP contribution is 2.60. The van der Waals surface area contributed by atoms with E-state index in [2.05, 4.69) is 0 Å². The maximum absolute atomic E-state index is 9.20. The minimum Gasteiger partial charge on any atom is -0.396 e. The molecule has 0 aliphatic heterocycles. The lowest BCUT2D eigenvalue weighted by atomic mass is 10.1. The first-order chi connectivity index (χ1) is 6.23. The third kappa shape index (κ3) is 1.40. The molecule has 0 bridgehead atoms. The van der Waals surface area contributed by atoms with E-state index < -0.39 is 0 Å². The molecule has 1 aliphatic carbocycles. The minimum absolute atomic E-state index is 0.0749. The molecular weight excluding hydrogens is 206 g/mol. The number of halogens is 1. The van der Waals surface area contributed by atoms with Crippen molar-refractivity contribution in [2.24, 2.45) is 11.1 Å². The van der Waals surface area contributed by atoms with Crippen LogP contribution in [0, 0.1) is 5.41 Å². The summed E-state index contributed by atoms with van der Waals surface area (Å²) < 4.78 is 0. The van der Waals surface area contributed by atoms with E-state index in [1.807, 2.05) is 11.4 Å². The van der Waals surface area contributed by atoms with E-state index in [1.165, 1.54) is 4.88 Å². The molecule has 1 aromatic rings. The Morgan fingerprint density at radius 1 is 1.77 bits per heavy atom. The summed E-state index contributed by atoms with van der Waals surface area (Å²) >= 11 is 7.66. The molecule has 0 radical (unpaired) electrons. The molecule has 4 heteroatoms. The Kier molecular flexibility index (Phi) is 2.36. The Bertz CT molecular complexity index is 308. The van der Waals surface area contributed by atoms with Crippen molar-refractivity contribution in [2.75, 3.05) is 13.2 Å². The van der Waals surface area contributed by atoms with Gasteiger partial charge in [0, 0.05) is 22.8 Å². The molecule has 1 aliphatic rings. The normalized spacial score (nSPS) is 32.1. The Hall–Kier alpha value is -0.0900. The molecule has 1 aromatic heterocycles. The van der Waals surface area contributed by atoms with E-state index in [-0.39, 0.29) is 12.0 Å². The van der Waals surface area contributed by atoms with Gasteiger partial charge in [-0.05, 0) is 17.9 Å². The van der Waals surface area contributed by atoms with Gasteiger partial charge in [0.1, 0.15) is 0 Å². The number of rotatable bonds is 3. The topological polar surface area (TPSA) is 46.2 Å². The molecule has 2 unspecified atom stereocenters. The summed E-state index contributed by atoms with van der Waals surface area (Å²) in [4.78, 5) is 1.18. The molecule has 3 N–H and O–H groups in total. The zero-order chi connectivity index (χ0) is 9.47. The quantitative estimate of drug-likeness (QED) is 0.812. The third-order valence-corrected chi connectivity index (χ3v) is 4.34. The monoisotopic (exact) mass is 217 g/mol. The Morgan fingerprint density at radius 2 is 2.54 bits per heavy atom. The molecule has 72 valence electrons. The van der Waals surface area contributed by atoms with Crippen LogP contribution in [0.2, 0.25) is 5.02 Å². The summed E-state index contributed by atoms with van der Waals surface area (Å²) in [6.45, 7) is 0.713. The van der Waals surface area contributed by atoms with Gasteiger partial charge in [-0.3, -0.25) is 0 Å². The fourth-order valence-electron chi connectivity index (χ4n) is 1.74. The highest BCUT2D eigenvalue weighted by atomic mass is 35.5. The van der Waals surface area contributed by atoms with Crippen LogP contribution in [0.5, 0.6) is 0 Å². The first-order valence-electron chi connectivity index (χ1n) is 4.27. The first-order valence-corrected chi connectivity index (χ1v) is 5.53. The summed E-state index contributed by atoms with van der Waals surface area (Å²) in [5, 5.41) is 12.0. The second-order valence-corrected chi connectivity index (χ2v) is 4.97. The van der Waals surface area contributed by atoms with Gasteiger partial charge < -0.3 is 10.8 Å². The SMILES string of the molecule is NCC1(CO)CC1c1sccc1Cl. The lowest BCUT2D eigenvalue weighted by molar-refractivity contribution is 0.212. The van der Waals surface area contributed by atoms with Crippen molar-refractivity contribution in [3.8, 4) is 0 Å². The molecular formula is C9H12ClNOS. The van der Waals surface area contributed by atoms with Crippen LogP contribution >= 0.6 is 22.9 Å². The van der Waals surface area contributed by atoms with Gasteiger partial charge in [0.2, 0.25) is 0 Å².